The molecule has 8 heteroatoms. The van der Waals surface area contributed by atoms with Crippen LogP contribution in [0.5, 0.6) is 11.5 Å². The molecule has 1 N–H and O–H groups in total. The third-order valence-electron chi connectivity index (χ3n) is 4.45. The molecule has 0 aromatic heterocycles. The van der Waals surface area contributed by atoms with Crippen molar-refractivity contribution in [3.05, 3.63) is 54.1 Å². The summed E-state index contributed by atoms with van der Waals surface area (Å²) in [6, 6.07) is 12.7. The number of carbonyl (C=O) groups excluding carboxylic acids is 1. The van der Waals surface area contributed by atoms with Crippen molar-refractivity contribution in [2.45, 2.75) is 32.9 Å². The molecule has 0 spiro atoms. The molecule has 0 bridgehead atoms. The maximum atomic E-state index is 12.9. The Morgan fingerprint density at radius 1 is 1.10 bits per heavy atom. The highest BCUT2D eigenvalue weighted by Gasteiger charge is 2.30. The van der Waals surface area contributed by atoms with E-state index in [1.807, 2.05) is 38.1 Å². The van der Waals surface area contributed by atoms with E-state index in [9.17, 15) is 13.2 Å². The van der Waals surface area contributed by atoms with E-state index in [1.165, 1.54) is 0 Å². The van der Waals surface area contributed by atoms with E-state index < -0.39 is 22.0 Å². The minimum Gasteiger partial charge on any atom is -0.496 e. The highest BCUT2D eigenvalue weighted by Crippen LogP contribution is 2.26. The lowest BCUT2D eigenvalue weighted by molar-refractivity contribution is -0.122. The molecule has 2 rings (SSSR count). The van der Waals surface area contributed by atoms with Crippen LogP contribution in [0.4, 0.5) is 5.69 Å². The smallest absolute Gasteiger partial charge is 0.244 e. The predicted octanol–water partition coefficient (Wildman–Crippen LogP) is 3.13. The Hall–Kier alpha value is -2.74. The van der Waals surface area contributed by atoms with Gasteiger partial charge in [-0.3, -0.25) is 9.10 Å². The van der Waals surface area contributed by atoms with Crippen LogP contribution in [0.1, 0.15) is 32.4 Å². The third kappa shape index (κ3) is 5.63. The van der Waals surface area contributed by atoms with Crippen molar-refractivity contribution >= 4 is 21.6 Å². The molecule has 2 aromatic rings. The SMILES string of the molecule is CCOc1ccc(N([C@H](C)C(=O)N[C@@H](C)c2ccccc2OC)S(C)(=O)=O)cc1. The van der Waals surface area contributed by atoms with Gasteiger partial charge in [0.1, 0.15) is 17.5 Å². The number of hydrogen-bond acceptors (Lipinski definition) is 5. The largest absolute Gasteiger partial charge is 0.496 e. The Morgan fingerprint density at radius 3 is 2.28 bits per heavy atom. The fourth-order valence-corrected chi connectivity index (χ4v) is 4.28. The Morgan fingerprint density at radius 2 is 1.72 bits per heavy atom. The molecule has 7 nitrogen and oxygen atoms in total. The number of ether oxygens (including phenoxy) is 2. The molecular weight excluding hydrogens is 392 g/mol. The van der Waals surface area contributed by atoms with E-state index in [4.69, 9.17) is 9.47 Å². The lowest BCUT2D eigenvalue weighted by Crippen LogP contribution is -2.48. The monoisotopic (exact) mass is 420 g/mol. The fourth-order valence-electron chi connectivity index (χ4n) is 3.10. The predicted molar refractivity (Wildman–Crippen MR) is 114 cm³/mol. The summed E-state index contributed by atoms with van der Waals surface area (Å²) in [4.78, 5) is 12.9. The van der Waals surface area contributed by atoms with Crippen LogP contribution in [0.25, 0.3) is 0 Å². The standard InChI is InChI=1S/C21H28N2O5S/c1-6-28-18-13-11-17(12-14-18)23(29(5,25)26)16(3)21(24)22-15(2)19-9-7-8-10-20(19)27-4/h7-16H,6H2,1-5H3,(H,22,24)/t15-,16+/m0/s1. The Kier molecular flexibility index (Phi) is 7.50. The number of amides is 1. The molecule has 0 heterocycles. The van der Waals surface area contributed by atoms with Crippen molar-refractivity contribution in [2.24, 2.45) is 0 Å². The summed E-state index contributed by atoms with van der Waals surface area (Å²) in [5.41, 5.74) is 1.20. The second kappa shape index (κ2) is 9.65. The molecule has 158 valence electrons. The quantitative estimate of drug-likeness (QED) is 0.674. The van der Waals surface area contributed by atoms with Gasteiger partial charge in [-0.1, -0.05) is 18.2 Å². The summed E-state index contributed by atoms with van der Waals surface area (Å²) < 4.78 is 36.7. The van der Waals surface area contributed by atoms with Crippen LogP contribution in [0.15, 0.2) is 48.5 Å². The number of para-hydroxylation sites is 1. The van der Waals surface area contributed by atoms with Gasteiger partial charge < -0.3 is 14.8 Å². The van der Waals surface area contributed by atoms with Crippen LogP contribution >= 0.6 is 0 Å². The molecule has 0 aliphatic rings. The normalized spacial score (nSPS) is 13.3. The van der Waals surface area contributed by atoms with Crippen molar-refractivity contribution < 1.29 is 22.7 Å². The minimum absolute atomic E-state index is 0.358. The van der Waals surface area contributed by atoms with Crippen molar-refractivity contribution in [2.75, 3.05) is 24.3 Å². The first-order valence-corrected chi connectivity index (χ1v) is 11.2. The highest BCUT2D eigenvalue weighted by atomic mass is 32.2. The van der Waals surface area contributed by atoms with Crippen LogP contribution in [0, 0.1) is 0 Å². The molecule has 0 aliphatic carbocycles. The number of methoxy groups -OCH3 is 1. The van der Waals surface area contributed by atoms with Gasteiger partial charge in [-0.15, -0.1) is 0 Å². The molecule has 2 aromatic carbocycles. The van der Waals surface area contributed by atoms with Gasteiger partial charge in [0, 0.05) is 5.56 Å². The fraction of sp³-hybridized carbons (Fsp3) is 0.381. The average Bonchev–Trinajstić information content (AvgIpc) is 2.68. The van der Waals surface area contributed by atoms with E-state index in [2.05, 4.69) is 5.32 Å². The molecule has 0 saturated carbocycles. The number of hydrogen-bond donors (Lipinski definition) is 1. The Balaban J connectivity index is 2.24. The van der Waals surface area contributed by atoms with Crippen LogP contribution in [-0.4, -0.2) is 40.3 Å². The van der Waals surface area contributed by atoms with E-state index in [0.29, 0.717) is 23.8 Å². The lowest BCUT2D eigenvalue weighted by Gasteiger charge is -2.29. The Labute approximate surface area is 172 Å². The van der Waals surface area contributed by atoms with Crippen molar-refractivity contribution in [3.63, 3.8) is 0 Å². The number of nitrogens with one attached hydrogen (secondary N) is 1. The zero-order valence-corrected chi connectivity index (χ0v) is 18.2. The second-order valence-electron chi connectivity index (χ2n) is 6.63. The summed E-state index contributed by atoms with van der Waals surface area (Å²) in [5.74, 6) is 0.869. The second-order valence-corrected chi connectivity index (χ2v) is 8.49. The molecule has 0 radical (unpaired) electrons. The van der Waals surface area contributed by atoms with Crippen LogP contribution in [-0.2, 0) is 14.8 Å². The number of benzene rings is 2. The lowest BCUT2D eigenvalue weighted by atomic mass is 10.1. The molecular formula is C21H28N2O5S. The van der Waals surface area contributed by atoms with Gasteiger partial charge in [-0.25, -0.2) is 8.42 Å². The average molecular weight is 421 g/mol. The van der Waals surface area contributed by atoms with Crippen LogP contribution in [0.3, 0.4) is 0 Å². The van der Waals surface area contributed by atoms with Crippen molar-refractivity contribution in [3.8, 4) is 11.5 Å². The maximum Gasteiger partial charge on any atom is 0.244 e. The first-order chi connectivity index (χ1) is 13.7. The highest BCUT2D eigenvalue weighted by molar-refractivity contribution is 7.92. The third-order valence-corrected chi connectivity index (χ3v) is 5.70. The zero-order chi connectivity index (χ0) is 21.6. The summed E-state index contributed by atoms with van der Waals surface area (Å²) >= 11 is 0. The number of anilines is 1. The molecule has 0 fully saturated rings. The van der Waals surface area contributed by atoms with Gasteiger partial charge in [0.15, 0.2) is 0 Å². The van der Waals surface area contributed by atoms with Gasteiger partial charge in [0.25, 0.3) is 0 Å². The summed E-state index contributed by atoms with van der Waals surface area (Å²) in [7, 11) is -2.13. The first-order valence-electron chi connectivity index (χ1n) is 9.34. The van der Waals surface area contributed by atoms with E-state index >= 15 is 0 Å². The molecule has 29 heavy (non-hydrogen) atoms. The van der Waals surface area contributed by atoms with E-state index in [1.54, 1.807) is 38.3 Å². The summed E-state index contributed by atoms with van der Waals surface area (Å²) in [6.07, 6.45) is 1.08. The van der Waals surface area contributed by atoms with Gasteiger partial charge in [0.05, 0.1) is 31.7 Å². The minimum atomic E-state index is -3.69. The molecule has 0 unspecified atom stereocenters. The van der Waals surface area contributed by atoms with Gasteiger partial charge >= 0.3 is 0 Å². The van der Waals surface area contributed by atoms with Crippen LogP contribution in [0.2, 0.25) is 0 Å². The number of nitrogens with zero attached hydrogens (tertiary/aromatic N) is 1. The van der Waals surface area contributed by atoms with Crippen molar-refractivity contribution in [1.29, 1.82) is 0 Å². The number of sulfonamides is 1. The van der Waals surface area contributed by atoms with Gasteiger partial charge in [0.2, 0.25) is 15.9 Å². The van der Waals surface area contributed by atoms with E-state index in [0.717, 1.165) is 16.1 Å². The van der Waals surface area contributed by atoms with Crippen molar-refractivity contribution in [1.82, 2.24) is 5.32 Å². The Bertz CT molecular complexity index is 928. The summed E-state index contributed by atoms with van der Waals surface area (Å²) in [5, 5.41) is 2.87. The van der Waals surface area contributed by atoms with Gasteiger partial charge in [-0.2, -0.15) is 0 Å². The number of rotatable bonds is 9. The molecule has 0 aliphatic heterocycles. The maximum absolute atomic E-state index is 12.9. The van der Waals surface area contributed by atoms with Crippen LogP contribution < -0.4 is 19.1 Å². The molecule has 2 atom stereocenters. The number of carbonyl (C=O) groups is 1. The van der Waals surface area contributed by atoms with Gasteiger partial charge in [-0.05, 0) is 51.1 Å². The zero-order valence-electron chi connectivity index (χ0n) is 17.4. The molecule has 1 amide bonds. The first kappa shape index (κ1) is 22.5. The summed E-state index contributed by atoms with van der Waals surface area (Å²) in [6.45, 7) is 5.76. The van der Waals surface area contributed by atoms with E-state index in [-0.39, 0.29) is 6.04 Å². The topological polar surface area (TPSA) is 84.9 Å². The molecule has 0 saturated heterocycles.